The summed E-state index contributed by atoms with van der Waals surface area (Å²) in [4.78, 5) is 32.5. The summed E-state index contributed by atoms with van der Waals surface area (Å²) >= 11 is 0. The molecule has 0 aliphatic heterocycles. The van der Waals surface area contributed by atoms with Crippen LogP contribution >= 0.6 is 0 Å². The Kier molecular flexibility index (Phi) is 6.29. The van der Waals surface area contributed by atoms with Gasteiger partial charge in [0.25, 0.3) is 0 Å². The number of nitrogens with zero attached hydrogens (tertiary/aromatic N) is 2. The van der Waals surface area contributed by atoms with Crippen LogP contribution in [0.4, 0.5) is 10.2 Å². The first-order valence-electron chi connectivity index (χ1n) is 9.15. The molecular formula is C22H21FN4O2. The number of pyridine rings is 2. The number of hydrogen-bond acceptors (Lipinski definition) is 5. The fraction of sp³-hybridized carbons (Fsp3) is 0.182. The predicted octanol–water partition coefficient (Wildman–Crippen LogP) is 3.09. The molecule has 29 heavy (non-hydrogen) atoms. The zero-order valence-corrected chi connectivity index (χ0v) is 15.9. The van der Waals surface area contributed by atoms with E-state index in [9.17, 15) is 14.0 Å². The van der Waals surface area contributed by atoms with Crippen LogP contribution in [0.3, 0.4) is 0 Å². The number of Topliss-reactive ketones (excluding diaryl/α,β-unsaturated/α-hetero) is 1. The first-order valence-corrected chi connectivity index (χ1v) is 9.15. The van der Waals surface area contributed by atoms with Gasteiger partial charge in [0.15, 0.2) is 5.78 Å². The van der Waals surface area contributed by atoms with Gasteiger partial charge in [-0.25, -0.2) is 9.37 Å². The smallest absolute Gasteiger partial charge is 0.229 e. The van der Waals surface area contributed by atoms with Crippen molar-refractivity contribution in [2.24, 2.45) is 5.73 Å². The molecule has 2 heterocycles. The molecule has 0 spiro atoms. The van der Waals surface area contributed by atoms with Crippen molar-refractivity contribution in [3.8, 4) is 0 Å². The van der Waals surface area contributed by atoms with Gasteiger partial charge in [-0.3, -0.25) is 14.6 Å². The van der Waals surface area contributed by atoms with Crippen LogP contribution < -0.4 is 11.1 Å². The third kappa shape index (κ3) is 5.01. The number of nitrogens with two attached hydrogens (primary N) is 1. The van der Waals surface area contributed by atoms with Crippen LogP contribution in [0.15, 0.2) is 60.9 Å². The van der Waals surface area contributed by atoms with Crippen molar-refractivity contribution in [1.29, 1.82) is 0 Å². The quantitative estimate of drug-likeness (QED) is 0.574. The molecular weight excluding hydrogens is 371 g/mol. The number of anilines is 1. The largest absolute Gasteiger partial charge is 0.369 e. The van der Waals surface area contributed by atoms with Gasteiger partial charge in [-0.2, -0.15) is 0 Å². The highest BCUT2D eigenvalue weighted by Gasteiger charge is 2.25. The maximum Gasteiger partial charge on any atom is 0.229 e. The maximum absolute atomic E-state index is 13.4. The minimum absolute atomic E-state index is 0.193. The van der Waals surface area contributed by atoms with E-state index in [1.807, 2.05) is 6.07 Å². The summed E-state index contributed by atoms with van der Waals surface area (Å²) in [5, 5.41) is 3.17. The van der Waals surface area contributed by atoms with Gasteiger partial charge in [-0.15, -0.1) is 0 Å². The molecule has 7 heteroatoms. The Hall–Kier alpha value is -3.61. The van der Waals surface area contributed by atoms with Crippen molar-refractivity contribution in [2.45, 2.75) is 19.3 Å². The number of carbonyl (C=O) groups excluding carboxylic acids is 2. The summed E-state index contributed by atoms with van der Waals surface area (Å²) in [6.45, 7) is 1.86. The van der Waals surface area contributed by atoms with E-state index >= 15 is 0 Å². The average molecular weight is 392 g/mol. The molecule has 1 unspecified atom stereocenters. The lowest BCUT2D eigenvalue weighted by molar-refractivity contribution is -0.118. The second-order valence-electron chi connectivity index (χ2n) is 6.62. The molecule has 6 nitrogen and oxygen atoms in total. The molecule has 0 saturated carbocycles. The van der Waals surface area contributed by atoms with Crippen LogP contribution in [-0.2, 0) is 11.2 Å². The van der Waals surface area contributed by atoms with Gasteiger partial charge >= 0.3 is 0 Å². The lowest BCUT2D eigenvalue weighted by atomic mass is 9.91. The van der Waals surface area contributed by atoms with E-state index in [1.54, 1.807) is 42.7 Å². The second kappa shape index (κ2) is 9.05. The normalized spacial score (nSPS) is 11.7. The summed E-state index contributed by atoms with van der Waals surface area (Å²) in [5.41, 5.74) is 7.95. The fourth-order valence-electron chi connectivity index (χ4n) is 3.10. The lowest BCUT2D eigenvalue weighted by Gasteiger charge is -2.19. The Bertz CT molecular complexity index is 1020. The lowest BCUT2D eigenvalue weighted by Crippen LogP contribution is -2.24. The van der Waals surface area contributed by atoms with Gasteiger partial charge in [0.2, 0.25) is 5.91 Å². The fourth-order valence-corrected chi connectivity index (χ4v) is 3.10. The van der Waals surface area contributed by atoms with E-state index in [-0.39, 0.29) is 17.3 Å². The standard InChI is InChI=1S/C22H21FN4O2/c1-14(28)19-8-7-18(20(21(24)29)16-5-3-10-25-13-16)22(27-19)26-11-9-15-4-2-6-17(23)12-15/h2-8,10,12-13,20H,9,11H2,1H3,(H2,24,29)(H,26,27). The van der Waals surface area contributed by atoms with Gasteiger partial charge in [-0.05, 0) is 41.8 Å². The Morgan fingerprint density at radius 1 is 1.17 bits per heavy atom. The number of ketones is 1. The molecule has 1 atom stereocenters. The third-order valence-electron chi connectivity index (χ3n) is 4.50. The third-order valence-corrected chi connectivity index (χ3v) is 4.50. The molecule has 0 saturated heterocycles. The van der Waals surface area contributed by atoms with Gasteiger partial charge in [-0.1, -0.05) is 24.3 Å². The molecule has 0 fully saturated rings. The number of halogens is 1. The first-order chi connectivity index (χ1) is 14.0. The molecule has 1 aromatic carbocycles. The molecule has 0 bridgehead atoms. The van der Waals surface area contributed by atoms with E-state index < -0.39 is 11.8 Å². The Balaban J connectivity index is 1.92. The highest BCUT2D eigenvalue weighted by molar-refractivity contribution is 5.93. The van der Waals surface area contributed by atoms with E-state index in [0.717, 1.165) is 5.56 Å². The molecule has 0 radical (unpaired) electrons. The number of primary amides is 1. The van der Waals surface area contributed by atoms with Crippen molar-refractivity contribution in [3.63, 3.8) is 0 Å². The van der Waals surface area contributed by atoms with Crippen molar-refractivity contribution in [2.75, 3.05) is 11.9 Å². The van der Waals surface area contributed by atoms with Gasteiger partial charge in [0, 0.05) is 31.4 Å². The van der Waals surface area contributed by atoms with Crippen LogP contribution in [0.1, 0.15) is 40.0 Å². The molecule has 0 aliphatic carbocycles. The summed E-state index contributed by atoms with van der Waals surface area (Å²) < 4.78 is 13.4. The van der Waals surface area contributed by atoms with E-state index in [2.05, 4.69) is 15.3 Å². The van der Waals surface area contributed by atoms with Crippen LogP contribution in [0.25, 0.3) is 0 Å². The summed E-state index contributed by atoms with van der Waals surface area (Å²) in [6, 6.07) is 13.1. The molecule has 1 amide bonds. The van der Waals surface area contributed by atoms with E-state index in [4.69, 9.17) is 5.73 Å². The van der Waals surface area contributed by atoms with E-state index in [0.29, 0.717) is 29.9 Å². The Labute approximate surface area is 168 Å². The summed E-state index contributed by atoms with van der Waals surface area (Å²) in [6.07, 6.45) is 3.72. The van der Waals surface area contributed by atoms with Gasteiger partial charge < -0.3 is 11.1 Å². The molecule has 148 valence electrons. The number of amides is 1. The SMILES string of the molecule is CC(=O)c1ccc(C(C(N)=O)c2cccnc2)c(NCCc2cccc(F)c2)n1. The van der Waals surface area contributed by atoms with E-state index in [1.165, 1.54) is 19.1 Å². The first kappa shape index (κ1) is 20.1. The zero-order chi connectivity index (χ0) is 20.8. The summed E-state index contributed by atoms with van der Waals surface area (Å²) in [7, 11) is 0. The van der Waals surface area contributed by atoms with Gasteiger partial charge in [0.05, 0.1) is 5.92 Å². The average Bonchev–Trinajstić information content (AvgIpc) is 2.69. The number of hydrogen-bond donors (Lipinski definition) is 2. The topological polar surface area (TPSA) is 98.0 Å². The minimum Gasteiger partial charge on any atom is -0.369 e. The molecule has 3 aromatic rings. The van der Waals surface area contributed by atoms with Crippen LogP contribution in [0.2, 0.25) is 0 Å². The number of carbonyl (C=O) groups is 2. The summed E-state index contributed by atoms with van der Waals surface area (Å²) in [5.74, 6) is -1.42. The number of benzene rings is 1. The number of nitrogens with one attached hydrogen (secondary N) is 1. The van der Waals surface area contributed by atoms with Crippen molar-refractivity contribution in [3.05, 3.63) is 89.1 Å². The van der Waals surface area contributed by atoms with Crippen molar-refractivity contribution in [1.82, 2.24) is 9.97 Å². The van der Waals surface area contributed by atoms with Crippen LogP contribution in [0, 0.1) is 5.82 Å². The van der Waals surface area contributed by atoms with Gasteiger partial charge in [0.1, 0.15) is 17.3 Å². The molecule has 2 aromatic heterocycles. The second-order valence-corrected chi connectivity index (χ2v) is 6.62. The highest BCUT2D eigenvalue weighted by atomic mass is 19.1. The molecule has 0 aliphatic rings. The zero-order valence-electron chi connectivity index (χ0n) is 15.9. The van der Waals surface area contributed by atoms with Crippen molar-refractivity contribution < 1.29 is 14.0 Å². The molecule has 3 N–H and O–H groups in total. The maximum atomic E-state index is 13.4. The number of aromatic nitrogens is 2. The minimum atomic E-state index is -0.770. The predicted molar refractivity (Wildman–Crippen MR) is 108 cm³/mol. The Morgan fingerprint density at radius 2 is 2.00 bits per heavy atom. The number of rotatable bonds is 8. The highest BCUT2D eigenvalue weighted by Crippen LogP contribution is 2.29. The molecule has 3 rings (SSSR count). The van der Waals surface area contributed by atoms with Crippen LogP contribution in [-0.4, -0.2) is 28.2 Å². The van der Waals surface area contributed by atoms with Crippen molar-refractivity contribution >= 4 is 17.5 Å². The van der Waals surface area contributed by atoms with Crippen LogP contribution in [0.5, 0.6) is 0 Å². The Morgan fingerprint density at radius 3 is 2.66 bits per heavy atom. The monoisotopic (exact) mass is 392 g/mol.